The lowest BCUT2D eigenvalue weighted by molar-refractivity contribution is 0.0308. The molecule has 1 N–H and O–H groups in total. The van der Waals surface area contributed by atoms with Crippen molar-refractivity contribution in [2.24, 2.45) is 0 Å². The highest BCUT2D eigenvalue weighted by Gasteiger charge is 2.28. The highest BCUT2D eigenvalue weighted by Crippen LogP contribution is 2.23. The second kappa shape index (κ2) is 5.11. The van der Waals surface area contributed by atoms with Gasteiger partial charge in [-0.15, -0.1) is 0 Å². The fourth-order valence-electron chi connectivity index (χ4n) is 2.41. The van der Waals surface area contributed by atoms with Crippen molar-refractivity contribution in [1.82, 2.24) is 14.3 Å². The Hall–Kier alpha value is -0.720. The van der Waals surface area contributed by atoms with Crippen LogP contribution < -0.4 is 4.90 Å². The van der Waals surface area contributed by atoms with Crippen molar-refractivity contribution in [3.05, 3.63) is 5.82 Å². The van der Waals surface area contributed by atoms with Gasteiger partial charge < -0.3 is 10.0 Å². The summed E-state index contributed by atoms with van der Waals surface area (Å²) in [6.07, 6.45) is 0. The van der Waals surface area contributed by atoms with Gasteiger partial charge in [-0.1, -0.05) is 0 Å². The van der Waals surface area contributed by atoms with E-state index in [4.69, 9.17) is 0 Å². The SMILES string of the molecule is Cc1nsc(N2CCN(CC(C)(C)O)CC2C)n1. The molecule has 0 aliphatic carbocycles. The van der Waals surface area contributed by atoms with E-state index >= 15 is 0 Å². The van der Waals surface area contributed by atoms with Gasteiger partial charge in [-0.3, -0.25) is 4.90 Å². The van der Waals surface area contributed by atoms with E-state index in [9.17, 15) is 5.11 Å². The highest BCUT2D eigenvalue weighted by molar-refractivity contribution is 7.09. The first kappa shape index (κ1) is 13.7. The monoisotopic (exact) mass is 270 g/mol. The molecule has 1 unspecified atom stereocenters. The predicted molar refractivity (Wildman–Crippen MR) is 74.2 cm³/mol. The number of piperazine rings is 1. The number of rotatable bonds is 3. The zero-order chi connectivity index (χ0) is 13.3. The minimum absolute atomic E-state index is 0.411. The van der Waals surface area contributed by atoms with E-state index in [1.54, 1.807) is 0 Å². The first-order valence-electron chi connectivity index (χ1n) is 6.37. The fraction of sp³-hybridized carbons (Fsp3) is 0.833. The molecule has 102 valence electrons. The van der Waals surface area contributed by atoms with Crippen LogP contribution in [0.5, 0.6) is 0 Å². The van der Waals surface area contributed by atoms with Crippen molar-refractivity contribution in [1.29, 1.82) is 0 Å². The third-order valence-corrected chi connectivity index (χ3v) is 3.93. The molecule has 1 aliphatic rings. The van der Waals surface area contributed by atoms with Gasteiger partial charge in [0.15, 0.2) is 0 Å². The van der Waals surface area contributed by atoms with Gasteiger partial charge in [0.2, 0.25) is 5.13 Å². The number of aromatic nitrogens is 2. The molecule has 1 aliphatic heterocycles. The Labute approximate surface area is 113 Å². The molecule has 0 aromatic carbocycles. The fourth-order valence-corrected chi connectivity index (χ4v) is 3.21. The number of hydrogen-bond acceptors (Lipinski definition) is 6. The van der Waals surface area contributed by atoms with Gasteiger partial charge in [0.25, 0.3) is 0 Å². The lowest BCUT2D eigenvalue weighted by Gasteiger charge is -2.41. The van der Waals surface area contributed by atoms with E-state index in [2.05, 4.69) is 26.1 Å². The molecule has 1 saturated heterocycles. The standard InChI is InChI=1S/C12H22N4OS/c1-9-7-15(8-12(3,4)17)5-6-16(9)11-13-10(2)14-18-11/h9,17H,5-8H2,1-4H3. The van der Waals surface area contributed by atoms with E-state index < -0.39 is 5.60 Å². The Morgan fingerprint density at radius 3 is 2.67 bits per heavy atom. The summed E-state index contributed by atoms with van der Waals surface area (Å²) < 4.78 is 4.24. The summed E-state index contributed by atoms with van der Waals surface area (Å²) in [7, 11) is 0. The molecule has 0 radical (unpaired) electrons. The molecule has 6 heteroatoms. The van der Waals surface area contributed by atoms with E-state index in [0.29, 0.717) is 6.04 Å². The second-order valence-electron chi connectivity index (χ2n) is 5.71. The zero-order valence-corrected chi connectivity index (χ0v) is 12.4. The van der Waals surface area contributed by atoms with Crippen molar-refractivity contribution in [3.63, 3.8) is 0 Å². The first-order chi connectivity index (χ1) is 8.35. The quantitative estimate of drug-likeness (QED) is 0.892. The minimum Gasteiger partial charge on any atom is -0.389 e. The van der Waals surface area contributed by atoms with Gasteiger partial charge in [0, 0.05) is 43.8 Å². The van der Waals surface area contributed by atoms with E-state index in [0.717, 1.165) is 37.1 Å². The highest BCUT2D eigenvalue weighted by atomic mass is 32.1. The summed E-state index contributed by atoms with van der Waals surface area (Å²) in [6, 6.07) is 0.411. The van der Waals surface area contributed by atoms with Crippen LogP contribution in [0.2, 0.25) is 0 Å². The first-order valence-corrected chi connectivity index (χ1v) is 7.14. The summed E-state index contributed by atoms with van der Waals surface area (Å²) in [5.41, 5.74) is -0.624. The largest absolute Gasteiger partial charge is 0.389 e. The minimum atomic E-state index is -0.624. The van der Waals surface area contributed by atoms with Gasteiger partial charge in [0.1, 0.15) is 5.82 Å². The molecule has 0 amide bonds. The summed E-state index contributed by atoms with van der Waals surface area (Å²) >= 11 is 1.47. The third kappa shape index (κ3) is 3.40. The molecule has 2 rings (SSSR count). The summed E-state index contributed by atoms with van der Waals surface area (Å²) in [5.74, 6) is 0.848. The van der Waals surface area contributed by atoms with E-state index in [1.165, 1.54) is 11.5 Å². The van der Waals surface area contributed by atoms with Crippen LogP contribution in [-0.4, -0.2) is 57.2 Å². The van der Waals surface area contributed by atoms with Crippen LogP contribution in [0.3, 0.4) is 0 Å². The normalized spacial score (nSPS) is 22.5. The molecule has 1 aromatic rings. The molecular weight excluding hydrogens is 248 g/mol. The van der Waals surface area contributed by atoms with E-state index in [-0.39, 0.29) is 0 Å². The number of aryl methyl sites for hydroxylation is 1. The maximum absolute atomic E-state index is 9.87. The van der Waals surface area contributed by atoms with Crippen molar-refractivity contribution in [2.75, 3.05) is 31.1 Å². The van der Waals surface area contributed by atoms with Gasteiger partial charge >= 0.3 is 0 Å². The van der Waals surface area contributed by atoms with Crippen LogP contribution in [0.1, 0.15) is 26.6 Å². The Balaban J connectivity index is 1.96. The lowest BCUT2D eigenvalue weighted by Crippen LogP contribution is -2.54. The van der Waals surface area contributed by atoms with E-state index in [1.807, 2.05) is 20.8 Å². The topological polar surface area (TPSA) is 52.5 Å². The van der Waals surface area contributed by atoms with Gasteiger partial charge in [-0.05, 0) is 27.7 Å². The van der Waals surface area contributed by atoms with Crippen molar-refractivity contribution >= 4 is 16.7 Å². The van der Waals surface area contributed by atoms with Gasteiger partial charge in [0.05, 0.1) is 5.60 Å². The Morgan fingerprint density at radius 2 is 2.17 bits per heavy atom. The molecule has 18 heavy (non-hydrogen) atoms. The molecule has 0 saturated carbocycles. The maximum atomic E-state index is 9.87. The van der Waals surface area contributed by atoms with Crippen LogP contribution in [0.15, 0.2) is 0 Å². The smallest absolute Gasteiger partial charge is 0.205 e. The van der Waals surface area contributed by atoms with Gasteiger partial charge in [-0.2, -0.15) is 4.37 Å². The molecule has 2 heterocycles. The van der Waals surface area contributed by atoms with Crippen LogP contribution in [0.25, 0.3) is 0 Å². The Bertz CT molecular complexity index is 401. The van der Waals surface area contributed by atoms with Crippen LogP contribution in [0, 0.1) is 6.92 Å². The summed E-state index contributed by atoms with van der Waals surface area (Å²) in [4.78, 5) is 9.08. The zero-order valence-electron chi connectivity index (χ0n) is 11.6. The molecule has 5 nitrogen and oxygen atoms in total. The molecule has 0 spiro atoms. The number of nitrogens with zero attached hydrogens (tertiary/aromatic N) is 4. The molecule has 0 bridgehead atoms. The number of β-amino-alcohol motifs (C(OH)–C–C–N with tert-alkyl or cyclic N) is 1. The van der Waals surface area contributed by atoms with Crippen molar-refractivity contribution in [2.45, 2.75) is 39.3 Å². The molecule has 1 aromatic heterocycles. The lowest BCUT2D eigenvalue weighted by atomic mass is 10.1. The van der Waals surface area contributed by atoms with Crippen molar-refractivity contribution < 1.29 is 5.11 Å². The summed E-state index contributed by atoms with van der Waals surface area (Å²) in [6.45, 7) is 11.4. The Morgan fingerprint density at radius 1 is 1.44 bits per heavy atom. The molecular formula is C12H22N4OS. The second-order valence-corrected chi connectivity index (χ2v) is 6.44. The third-order valence-electron chi connectivity index (χ3n) is 3.08. The van der Waals surface area contributed by atoms with Gasteiger partial charge in [-0.25, -0.2) is 4.98 Å². The maximum Gasteiger partial charge on any atom is 0.205 e. The molecule has 1 fully saturated rings. The number of anilines is 1. The number of aliphatic hydroxyl groups is 1. The number of hydrogen-bond donors (Lipinski definition) is 1. The molecule has 1 atom stereocenters. The predicted octanol–water partition coefficient (Wildman–Crippen LogP) is 1.13. The van der Waals surface area contributed by atoms with Crippen LogP contribution >= 0.6 is 11.5 Å². The average molecular weight is 270 g/mol. The van der Waals surface area contributed by atoms with Crippen molar-refractivity contribution in [3.8, 4) is 0 Å². The average Bonchev–Trinajstić information content (AvgIpc) is 2.62. The summed E-state index contributed by atoms with van der Waals surface area (Å²) in [5, 5.41) is 10.9. The Kier molecular flexibility index (Phi) is 3.89. The van der Waals surface area contributed by atoms with Crippen LogP contribution in [-0.2, 0) is 0 Å². The van der Waals surface area contributed by atoms with Crippen LogP contribution in [0.4, 0.5) is 5.13 Å².